The van der Waals surface area contributed by atoms with E-state index in [2.05, 4.69) is 35.8 Å². The number of hydrazine groups is 1. The van der Waals surface area contributed by atoms with Gasteiger partial charge in [0.15, 0.2) is 0 Å². The molecule has 0 bridgehead atoms. The first-order valence-corrected chi connectivity index (χ1v) is 6.17. The maximum Gasteiger partial charge on any atom is 0.258 e. The summed E-state index contributed by atoms with van der Waals surface area (Å²) in [5.41, 5.74) is 2.42. The number of aromatic nitrogens is 6. The Bertz CT molecular complexity index is 534. The molecule has 2 aromatic rings. The van der Waals surface area contributed by atoms with Crippen LogP contribution < -0.4 is 16.6 Å². The molecule has 9 nitrogen and oxygen atoms in total. The molecule has 9 heteroatoms. The van der Waals surface area contributed by atoms with Crippen molar-refractivity contribution >= 4 is 11.9 Å². The zero-order chi connectivity index (χ0) is 13.1. The van der Waals surface area contributed by atoms with Crippen molar-refractivity contribution in [1.82, 2.24) is 29.7 Å². The van der Waals surface area contributed by atoms with Gasteiger partial charge in [-0.1, -0.05) is 12.8 Å². The van der Waals surface area contributed by atoms with Gasteiger partial charge in [-0.05, 0) is 12.3 Å². The molecule has 0 unspecified atom stereocenters. The molecule has 1 fully saturated rings. The largest absolute Gasteiger partial charge is 0.354 e. The van der Waals surface area contributed by atoms with Crippen molar-refractivity contribution < 1.29 is 0 Å². The number of nitrogens with one attached hydrogen (secondary N) is 2. The van der Waals surface area contributed by atoms with Crippen LogP contribution in [0.15, 0.2) is 12.7 Å². The van der Waals surface area contributed by atoms with Gasteiger partial charge in [-0.15, -0.1) is 0 Å². The van der Waals surface area contributed by atoms with Gasteiger partial charge in [0.1, 0.15) is 12.7 Å². The van der Waals surface area contributed by atoms with Crippen LogP contribution in [-0.4, -0.2) is 36.3 Å². The van der Waals surface area contributed by atoms with Crippen LogP contribution >= 0.6 is 0 Å². The molecule has 4 N–H and O–H groups in total. The zero-order valence-corrected chi connectivity index (χ0v) is 10.3. The van der Waals surface area contributed by atoms with Crippen LogP contribution in [0.1, 0.15) is 19.3 Å². The van der Waals surface area contributed by atoms with Gasteiger partial charge in [-0.25, -0.2) is 10.8 Å². The van der Waals surface area contributed by atoms with Gasteiger partial charge in [0, 0.05) is 6.54 Å². The maximum atomic E-state index is 5.35. The summed E-state index contributed by atoms with van der Waals surface area (Å²) >= 11 is 0. The summed E-state index contributed by atoms with van der Waals surface area (Å²) in [4.78, 5) is 16.4. The summed E-state index contributed by atoms with van der Waals surface area (Å²) in [5.74, 6) is 7.35. The number of rotatable bonds is 6. The first-order chi connectivity index (χ1) is 9.35. The molecule has 0 aliphatic heterocycles. The van der Waals surface area contributed by atoms with E-state index in [1.54, 1.807) is 0 Å². The Morgan fingerprint density at radius 3 is 2.79 bits per heavy atom. The van der Waals surface area contributed by atoms with Crippen molar-refractivity contribution in [2.24, 2.45) is 11.8 Å². The second kappa shape index (κ2) is 5.14. The lowest BCUT2D eigenvalue weighted by Gasteiger charge is -2.07. The zero-order valence-electron chi connectivity index (χ0n) is 10.3. The molecule has 3 rings (SSSR count). The third kappa shape index (κ3) is 2.94. The first kappa shape index (κ1) is 11.8. The lowest BCUT2D eigenvalue weighted by molar-refractivity contribution is 0.748. The normalized spacial score (nSPS) is 14.4. The van der Waals surface area contributed by atoms with Gasteiger partial charge in [0.25, 0.3) is 5.95 Å². The van der Waals surface area contributed by atoms with Crippen LogP contribution in [0.4, 0.5) is 11.9 Å². The molecule has 2 heterocycles. The second-order valence-corrected chi connectivity index (χ2v) is 4.43. The molecule has 0 saturated heterocycles. The van der Waals surface area contributed by atoms with E-state index in [0.717, 1.165) is 18.9 Å². The molecule has 0 aromatic carbocycles. The number of nitrogens with two attached hydrogens (primary N) is 1. The quantitative estimate of drug-likeness (QED) is 0.489. The number of nitrogens with zero attached hydrogens (tertiary/aromatic N) is 6. The highest BCUT2D eigenvalue weighted by Gasteiger charge is 2.20. The van der Waals surface area contributed by atoms with Crippen molar-refractivity contribution in [1.29, 1.82) is 0 Å². The van der Waals surface area contributed by atoms with Gasteiger partial charge in [-0.3, -0.25) is 5.43 Å². The van der Waals surface area contributed by atoms with E-state index in [4.69, 9.17) is 5.84 Å². The monoisotopic (exact) mass is 261 g/mol. The van der Waals surface area contributed by atoms with E-state index >= 15 is 0 Å². The van der Waals surface area contributed by atoms with Crippen LogP contribution in [0.5, 0.6) is 0 Å². The van der Waals surface area contributed by atoms with E-state index in [9.17, 15) is 0 Å². The standard InChI is InChI=1S/C10H15N9/c11-18-9-15-8(13-4-3-7-1-2-7)16-10(17-9)19-6-12-5-14-19/h5-7H,1-4,11H2,(H2,13,15,16,17,18). The Morgan fingerprint density at radius 1 is 1.26 bits per heavy atom. The third-order valence-electron chi connectivity index (χ3n) is 2.91. The predicted molar refractivity (Wildman–Crippen MR) is 68.4 cm³/mol. The average molecular weight is 261 g/mol. The molecular weight excluding hydrogens is 246 g/mol. The number of anilines is 2. The summed E-state index contributed by atoms with van der Waals surface area (Å²) < 4.78 is 1.45. The lowest BCUT2D eigenvalue weighted by Crippen LogP contribution is -2.16. The molecule has 100 valence electrons. The Balaban J connectivity index is 1.76. The highest BCUT2D eigenvalue weighted by molar-refractivity contribution is 5.36. The molecule has 1 aliphatic carbocycles. The van der Waals surface area contributed by atoms with E-state index in [-0.39, 0.29) is 5.95 Å². The Labute approximate surface area is 109 Å². The molecule has 0 spiro atoms. The molecule has 1 saturated carbocycles. The molecule has 0 amide bonds. The summed E-state index contributed by atoms with van der Waals surface area (Å²) in [6.07, 6.45) is 6.73. The molecule has 0 atom stereocenters. The van der Waals surface area contributed by atoms with Crippen molar-refractivity contribution in [2.75, 3.05) is 17.3 Å². The number of hydrogen-bond acceptors (Lipinski definition) is 8. The summed E-state index contributed by atoms with van der Waals surface area (Å²) in [7, 11) is 0. The predicted octanol–water partition coefficient (Wildman–Crippen LogP) is -0.0501. The van der Waals surface area contributed by atoms with Gasteiger partial charge in [0.2, 0.25) is 11.9 Å². The van der Waals surface area contributed by atoms with Crippen molar-refractivity contribution in [3.63, 3.8) is 0 Å². The molecule has 2 aromatic heterocycles. The minimum Gasteiger partial charge on any atom is -0.354 e. The minimum atomic E-state index is 0.287. The Kier molecular flexibility index (Phi) is 3.19. The minimum absolute atomic E-state index is 0.287. The van der Waals surface area contributed by atoms with E-state index in [0.29, 0.717) is 11.9 Å². The summed E-state index contributed by atoms with van der Waals surface area (Å²) in [5, 5.41) is 7.15. The Hall–Kier alpha value is -2.29. The molecule has 1 aliphatic rings. The highest BCUT2D eigenvalue weighted by atomic mass is 15.4. The van der Waals surface area contributed by atoms with Crippen LogP contribution in [0.2, 0.25) is 0 Å². The van der Waals surface area contributed by atoms with Gasteiger partial charge >= 0.3 is 0 Å². The summed E-state index contributed by atoms with van der Waals surface area (Å²) in [6.45, 7) is 0.843. The van der Waals surface area contributed by atoms with Crippen LogP contribution in [-0.2, 0) is 0 Å². The lowest BCUT2D eigenvalue weighted by atomic mass is 10.3. The van der Waals surface area contributed by atoms with Crippen molar-refractivity contribution in [2.45, 2.75) is 19.3 Å². The Morgan fingerprint density at radius 2 is 2.11 bits per heavy atom. The maximum absolute atomic E-state index is 5.35. The summed E-state index contributed by atoms with van der Waals surface area (Å²) in [6, 6.07) is 0. The highest BCUT2D eigenvalue weighted by Crippen LogP contribution is 2.31. The van der Waals surface area contributed by atoms with Gasteiger partial charge < -0.3 is 5.32 Å². The smallest absolute Gasteiger partial charge is 0.258 e. The molecule has 19 heavy (non-hydrogen) atoms. The van der Waals surface area contributed by atoms with Crippen molar-refractivity contribution in [3.05, 3.63) is 12.7 Å². The average Bonchev–Trinajstić information content (AvgIpc) is 3.09. The third-order valence-corrected chi connectivity index (χ3v) is 2.91. The SMILES string of the molecule is NNc1nc(NCCC2CC2)nc(-n2cncn2)n1. The first-order valence-electron chi connectivity index (χ1n) is 6.17. The van der Waals surface area contributed by atoms with Crippen molar-refractivity contribution in [3.8, 4) is 5.95 Å². The van der Waals surface area contributed by atoms with Gasteiger partial charge in [-0.2, -0.15) is 24.7 Å². The van der Waals surface area contributed by atoms with E-state index in [1.165, 1.54) is 30.2 Å². The fourth-order valence-corrected chi connectivity index (χ4v) is 1.72. The van der Waals surface area contributed by atoms with Gasteiger partial charge in [0.05, 0.1) is 0 Å². The fourth-order valence-electron chi connectivity index (χ4n) is 1.72. The van der Waals surface area contributed by atoms with Crippen LogP contribution in [0.25, 0.3) is 5.95 Å². The van der Waals surface area contributed by atoms with E-state index < -0.39 is 0 Å². The van der Waals surface area contributed by atoms with Crippen LogP contribution in [0, 0.1) is 5.92 Å². The van der Waals surface area contributed by atoms with Crippen LogP contribution in [0.3, 0.4) is 0 Å². The molecular formula is C10H15N9. The molecule has 0 radical (unpaired) electrons. The van der Waals surface area contributed by atoms with E-state index in [1.807, 2.05) is 0 Å². The fraction of sp³-hybridized carbons (Fsp3) is 0.500. The number of hydrogen-bond donors (Lipinski definition) is 3. The number of nitrogen functional groups attached to an aromatic ring is 1. The second-order valence-electron chi connectivity index (χ2n) is 4.43. The topological polar surface area (TPSA) is 119 Å².